The number of nitrogens with one attached hydrogen (secondary N) is 1. The number of hydrogen-bond donors (Lipinski definition) is 1. The van der Waals surface area contributed by atoms with Gasteiger partial charge in [0.25, 0.3) is 0 Å². The highest BCUT2D eigenvalue weighted by molar-refractivity contribution is 14.0. The summed E-state index contributed by atoms with van der Waals surface area (Å²) in [5, 5.41) is 3.36. The van der Waals surface area contributed by atoms with Crippen molar-refractivity contribution in [2.75, 3.05) is 45.1 Å². The van der Waals surface area contributed by atoms with E-state index < -0.39 is 10.8 Å². The summed E-state index contributed by atoms with van der Waals surface area (Å²) in [5.41, 5.74) is 1.12. The third-order valence-electron chi connectivity index (χ3n) is 4.23. The Morgan fingerprint density at radius 1 is 1.35 bits per heavy atom. The van der Waals surface area contributed by atoms with Gasteiger partial charge in [-0.05, 0) is 25.8 Å². The molecule has 0 bridgehead atoms. The van der Waals surface area contributed by atoms with Crippen molar-refractivity contribution in [1.82, 2.24) is 10.2 Å². The van der Waals surface area contributed by atoms with Crippen LogP contribution in [-0.4, -0.2) is 60.2 Å². The number of guanidine groups is 1. The maximum Gasteiger partial charge on any atom is 0.193 e. The SMILES string of the molecule is CCNC(=NCCS(=O)Cc1ccccc1)N1CCC(COCC)C1.I. The third-order valence-corrected chi connectivity index (χ3v) is 5.52. The molecule has 1 saturated heterocycles. The monoisotopic (exact) mass is 493 g/mol. The van der Waals surface area contributed by atoms with Gasteiger partial charge < -0.3 is 15.0 Å². The zero-order valence-corrected chi connectivity index (χ0v) is 19.0. The van der Waals surface area contributed by atoms with Crippen LogP contribution in [0.2, 0.25) is 0 Å². The van der Waals surface area contributed by atoms with Crippen molar-refractivity contribution in [2.24, 2.45) is 10.9 Å². The van der Waals surface area contributed by atoms with Crippen molar-refractivity contribution in [3.63, 3.8) is 0 Å². The van der Waals surface area contributed by atoms with Crippen LogP contribution >= 0.6 is 24.0 Å². The van der Waals surface area contributed by atoms with E-state index in [1.807, 2.05) is 37.3 Å². The van der Waals surface area contributed by atoms with E-state index in [0.29, 0.717) is 24.0 Å². The molecule has 0 saturated carbocycles. The quantitative estimate of drug-likeness (QED) is 0.327. The van der Waals surface area contributed by atoms with Crippen LogP contribution in [0.1, 0.15) is 25.8 Å². The molecule has 1 aromatic carbocycles. The number of hydrogen-bond acceptors (Lipinski definition) is 3. The number of rotatable bonds is 9. The highest BCUT2D eigenvalue weighted by Crippen LogP contribution is 2.16. The van der Waals surface area contributed by atoms with E-state index in [1.165, 1.54) is 0 Å². The zero-order chi connectivity index (χ0) is 17.9. The number of benzene rings is 1. The molecule has 2 rings (SSSR count). The van der Waals surface area contributed by atoms with Gasteiger partial charge in [0.2, 0.25) is 0 Å². The normalized spacial score (nSPS) is 18.5. The second-order valence-electron chi connectivity index (χ2n) is 6.27. The minimum absolute atomic E-state index is 0. The summed E-state index contributed by atoms with van der Waals surface area (Å²) in [6.07, 6.45) is 1.14. The first-order valence-electron chi connectivity index (χ1n) is 9.22. The smallest absolute Gasteiger partial charge is 0.193 e. The van der Waals surface area contributed by atoms with E-state index in [4.69, 9.17) is 4.74 Å². The van der Waals surface area contributed by atoms with E-state index in [0.717, 1.165) is 50.8 Å². The Morgan fingerprint density at radius 3 is 2.81 bits per heavy atom. The van der Waals surface area contributed by atoms with Gasteiger partial charge >= 0.3 is 0 Å². The molecule has 7 heteroatoms. The van der Waals surface area contributed by atoms with Gasteiger partial charge in [0.15, 0.2) is 5.96 Å². The molecule has 0 spiro atoms. The molecule has 0 amide bonds. The molecule has 0 aromatic heterocycles. The lowest BCUT2D eigenvalue weighted by atomic mass is 10.1. The van der Waals surface area contributed by atoms with Crippen LogP contribution in [0, 0.1) is 5.92 Å². The van der Waals surface area contributed by atoms with E-state index in [2.05, 4.69) is 22.1 Å². The van der Waals surface area contributed by atoms with Crippen LogP contribution in [0.25, 0.3) is 0 Å². The van der Waals surface area contributed by atoms with Crippen molar-refractivity contribution < 1.29 is 8.95 Å². The number of halogens is 1. The van der Waals surface area contributed by atoms with Gasteiger partial charge in [-0.25, -0.2) is 0 Å². The average molecular weight is 493 g/mol. The molecular formula is C19H32IN3O2S. The van der Waals surface area contributed by atoms with Crippen LogP contribution < -0.4 is 5.32 Å². The first kappa shape index (κ1) is 23.4. The highest BCUT2D eigenvalue weighted by Gasteiger charge is 2.24. The molecule has 26 heavy (non-hydrogen) atoms. The molecule has 5 nitrogen and oxygen atoms in total. The molecular weight excluding hydrogens is 461 g/mol. The minimum atomic E-state index is -0.878. The standard InChI is InChI=1S/C19H31N3O2S.HI/c1-3-20-19(22-12-10-18(14-22)15-24-4-2)21-11-13-25(23)16-17-8-6-5-7-9-17;/h5-9,18H,3-4,10-16H2,1-2H3,(H,20,21);1H. The van der Waals surface area contributed by atoms with Crippen molar-refractivity contribution >= 4 is 40.7 Å². The van der Waals surface area contributed by atoms with Crippen LogP contribution in [0.3, 0.4) is 0 Å². The summed E-state index contributed by atoms with van der Waals surface area (Å²) < 4.78 is 17.8. The van der Waals surface area contributed by atoms with E-state index in [-0.39, 0.29) is 24.0 Å². The fourth-order valence-electron chi connectivity index (χ4n) is 2.96. The summed E-state index contributed by atoms with van der Waals surface area (Å²) in [5.74, 6) is 2.72. The van der Waals surface area contributed by atoms with Crippen LogP contribution in [0.4, 0.5) is 0 Å². The van der Waals surface area contributed by atoms with Crippen LogP contribution in [0.5, 0.6) is 0 Å². The largest absolute Gasteiger partial charge is 0.381 e. The Morgan fingerprint density at radius 2 is 2.12 bits per heavy atom. The molecule has 1 N–H and O–H groups in total. The number of nitrogens with zero attached hydrogens (tertiary/aromatic N) is 2. The van der Waals surface area contributed by atoms with Gasteiger partial charge in [-0.2, -0.15) is 0 Å². The Hall–Kier alpha value is -0.670. The fraction of sp³-hybridized carbons (Fsp3) is 0.632. The second kappa shape index (κ2) is 13.5. The molecule has 1 aliphatic heterocycles. The number of likely N-dealkylation sites (tertiary alicyclic amines) is 1. The molecule has 1 heterocycles. The van der Waals surface area contributed by atoms with Gasteiger partial charge in [0.1, 0.15) is 0 Å². The maximum absolute atomic E-state index is 12.2. The van der Waals surface area contributed by atoms with Gasteiger partial charge in [-0.3, -0.25) is 9.20 Å². The van der Waals surface area contributed by atoms with Gasteiger partial charge in [0.05, 0.1) is 13.2 Å². The van der Waals surface area contributed by atoms with Crippen molar-refractivity contribution in [3.8, 4) is 0 Å². The van der Waals surface area contributed by atoms with Gasteiger partial charge in [-0.15, -0.1) is 24.0 Å². The van der Waals surface area contributed by atoms with E-state index in [9.17, 15) is 4.21 Å². The van der Waals surface area contributed by atoms with Crippen molar-refractivity contribution in [3.05, 3.63) is 35.9 Å². The summed E-state index contributed by atoms with van der Waals surface area (Å²) >= 11 is 0. The molecule has 1 aromatic rings. The van der Waals surface area contributed by atoms with Gasteiger partial charge in [-0.1, -0.05) is 30.3 Å². The summed E-state index contributed by atoms with van der Waals surface area (Å²) in [6, 6.07) is 10.00. The zero-order valence-electron chi connectivity index (χ0n) is 15.9. The molecule has 1 fully saturated rings. The average Bonchev–Trinajstić information content (AvgIpc) is 3.09. The molecule has 2 unspecified atom stereocenters. The number of ether oxygens (including phenoxy) is 1. The molecule has 2 atom stereocenters. The first-order valence-corrected chi connectivity index (χ1v) is 10.7. The van der Waals surface area contributed by atoms with Crippen molar-refractivity contribution in [2.45, 2.75) is 26.0 Å². The summed E-state index contributed by atoms with van der Waals surface area (Å²) in [7, 11) is -0.878. The molecule has 1 aliphatic rings. The van der Waals surface area contributed by atoms with Crippen LogP contribution in [-0.2, 0) is 21.3 Å². The highest BCUT2D eigenvalue weighted by atomic mass is 127. The van der Waals surface area contributed by atoms with E-state index in [1.54, 1.807) is 0 Å². The Balaban J connectivity index is 0.00000338. The molecule has 0 aliphatic carbocycles. The Labute approximate surface area is 177 Å². The lowest BCUT2D eigenvalue weighted by Gasteiger charge is -2.21. The third kappa shape index (κ3) is 8.35. The lowest BCUT2D eigenvalue weighted by Crippen LogP contribution is -2.40. The first-order chi connectivity index (χ1) is 12.2. The van der Waals surface area contributed by atoms with Crippen molar-refractivity contribution in [1.29, 1.82) is 0 Å². The number of aliphatic imine (C=N–C) groups is 1. The fourth-order valence-corrected chi connectivity index (χ4v) is 3.96. The predicted octanol–water partition coefficient (Wildman–Crippen LogP) is 2.88. The molecule has 148 valence electrons. The Bertz CT molecular complexity index is 557. The molecule has 0 radical (unpaired) electrons. The second-order valence-corrected chi connectivity index (χ2v) is 7.85. The predicted molar refractivity (Wildman–Crippen MR) is 121 cm³/mol. The minimum Gasteiger partial charge on any atom is -0.381 e. The van der Waals surface area contributed by atoms with Crippen LogP contribution in [0.15, 0.2) is 35.3 Å². The lowest BCUT2D eigenvalue weighted by molar-refractivity contribution is 0.114. The Kier molecular flexibility index (Phi) is 12.1. The summed E-state index contributed by atoms with van der Waals surface area (Å²) in [6.45, 7) is 9.15. The van der Waals surface area contributed by atoms with E-state index >= 15 is 0 Å². The maximum atomic E-state index is 12.2. The van der Waals surface area contributed by atoms with Gasteiger partial charge in [0, 0.05) is 54.5 Å². The topological polar surface area (TPSA) is 53.9 Å². The summed E-state index contributed by atoms with van der Waals surface area (Å²) in [4.78, 5) is 6.99.